The number of nitrogen functional groups attached to an aromatic ring is 1. The van der Waals surface area contributed by atoms with Crippen LogP contribution in [0.2, 0.25) is 0 Å². The van der Waals surface area contributed by atoms with Crippen LogP contribution in [0.1, 0.15) is 13.8 Å². The van der Waals surface area contributed by atoms with Crippen molar-refractivity contribution in [1.82, 2.24) is 0 Å². The number of nitro benzene ring substituents is 1. The third-order valence-electron chi connectivity index (χ3n) is 2.13. The van der Waals surface area contributed by atoms with Gasteiger partial charge in [0.15, 0.2) is 5.75 Å². The molecule has 0 aliphatic heterocycles. The Morgan fingerprint density at radius 2 is 2.17 bits per heavy atom. The van der Waals surface area contributed by atoms with Crippen LogP contribution in [0, 0.1) is 10.1 Å². The Hall–Kier alpha value is -1.86. The van der Waals surface area contributed by atoms with Crippen molar-refractivity contribution in [2.24, 2.45) is 5.84 Å². The van der Waals surface area contributed by atoms with Gasteiger partial charge in [-0.1, -0.05) is 6.07 Å². The van der Waals surface area contributed by atoms with Crippen LogP contribution in [0.15, 0.2) is 18.2 Å². The Labute approximate surface area is 105 Å². The summed E-state index contributed by atoms with van der Waals surface area (Å²) < 4.78 is 10.6. The van der Waals surface area contributed by atoms with Crippen LogP contribution in [-0.2, 0) is 4.74 Å². The van der Waals surface area contributed by atoms with E-state index in [4.69, 9.17) is 15.3 Å². The molecule has 0 saturated heterocycles. The molecule has 0 saturated carbocycles. The van der Waals surface area contributed by atoms with E-state index < -0.39 is 4.92 Å². The molecule has 7 nitrogen and oxygen atoms in total. The number of nitrogens with zero attached hydrogens (tertiary/aromatic N) is 1. The van der Waals surface area contributed by atoms with E-state index in [0.717, 1.165) is 0 Å². The molecule has 0 aromatic heterocycles. The molecule has 0 aliphatic carbocycles. The molecule has 0 aliphatic rings. The minimum atomic E-state index is -0.534. The van der Waals surface area contributed by atoms with Crippen molar-refractivity contribution in [2.45, 2.75) is 20.0 Å². The summed E-state index contributed by atoms with van der Waals surface area (Å²) in [4.78, 5) is 10.4. The number of rotatable bonds is 7. The summed E-state index contributed by atoms with van der Waals surface area (Å²) >= 11 is 0. The number of nitro groups is 1. The quantitative estimate of drug-likeness (QED) is 0.333. The highest BCUT2D eigenvalue weighted by Gasteiger charge is 2.20. The average molecular weight is 255 g/mol. The first-order valence-electron chi connectivity index (χ1n) is 5.54. The largest absolute Gasteiger partial charge is 0.484 e. The number of nitrogens with one attached hydrogen (secondary N) is 1. The normalized spacial score (nSPS) is 10.4. The number of nitrogens with two attached hydrogens (primary N) is 1. The molecule has 7 heteroatoms. The second-order valence-electron chi connectivity index (χ2n) is 3.82. The number of hydrazine groups is 1. The Kier molecular flexibility index (Phi) is 5.34. The van der Waals surface area contributed by atoms with Gasteiger partial charge in [-0.2, -0.15) is 0 Å². The highest BCUT2D eigenvalue weighted by atomic mass is 16.6. The summed E-state index contributed by atoms with van der Waals surface area (Å²) in [5.74, 6) is 5.39. The lowest BCUT2D eigenvalue weighted by Gasteiger charge is -2.10. The summed E-state index contributed by atoms with van der Waals surface area (Å²) in [6, 6.07) is 4.66. The molecule has 0 amide bonds. The minimum absolute atomic E-state index is 0.0978. The van der Waals surface area contributed by atoms with Crippen molar-refractivity contribution in [3.05, 3.63) is 28.3 Å². The Bertz CT molecular complexity index is 409. The van der Waals surface area contributed by atoms with Gasteiger partial charge in [-0.15, -0.1) is 0 Å². The van der Waals surface area contributed by atoms with Crippen molar-refractivity contribution < 1.29 is 14.4 Å². The molecular weight excluding hydrogens is 238 g/mol. The molecule has 0 fully saturated rings. The van der Waals surface area contributed by atoms with E-state index in [2.05, 4.69) is 5.43 Å². The molecule has 0 heterocycles. The van der Waals surface area contributed by atoms with Gasteiger partial charge in [-0.25, -0.2) is 0 Å². The summed E-state index contributed by atoms with van der Waals surface area (Å²) in [5, 5.41) is 10.9. The van der Waals surface area contributed by atoms with Gasteiger partial charge in [0.25, 0.3) is 0 Å². The maximum absolute atomic E-state index is 10.9. The smallest absolute Gasteiger partial charge is 0.335 e. The van der Waals surface area contributed by atoms with E-state index in [-0.39, 0.29) is 29.8 Å². The fraction of sp³-hybridized carbons (Fsp3) is 0.455. The lowest BCUT2D eigenvalue weighted by atomic mass is 10.2. The zero-order chi connectivity index (χ0) is 13.5. The molecule has 0 unspecified atom stereocenters. The van der Waals surface area contributed by atoms with Crippen LogP contribution >= 0.6 is 0 Å². The standard InChI is InChI=1S/C11H17N3O4/c1-8(2)17-6-7-18-10-5-3-4-9(13-12)11(10)14(15)16/h3-5,8,13H,6-7,12H2,1-2H3. The topological polar surface area (TPSA) is 99.7 Å². The lowest BCUT2D eigenvalue weighted by Crippen LogP contribution is -2.13. The lowest BCUT2D eigenvalue weighted by molar-refractivity contribution is -0.385. The molecule has 1 aromatic rings. The number of anilines is 1. The van der Waals surface area contributed by atoms with E-state index in [9.17, 15) is 10.1 Å². The molecular formula is C11H17N3O4. The summed E-state index contributed by atoms with van der Waals surface area (Å²) in [6.07, 6.45) is 0.0978. The summed E-state index contributed by atoms with van der Waals surface area (Å²) in [5.41, 5.74) is 2.31. The van der Waals surface area contributed by atoms with Crippen LogP contribution < -0.4 is 16.0 Å². The number of hydrogen-bond acceptors (Lipinski definition) is 6. The van der Waals surface area contributed by atoms with Crippen LogP contribution in [0.3, 0.4) is 0 Å². The zero-order valence-corrected chi connectivity index (χ0v) is 10.4. The van der Waals surface area contributed by atoms with Crippen LogP contribution in [0.4, 0.5) is 11.4 Å². The minimum Gasteiger partial charge on any atom is -0.484 e. The van der Waals surface area contributed by atoms with Crippen LogP contribution in [0.25, 0.3) is 0 Å². The second kappa shape index (κ2) is 6.77. The SMILES string of the molecule is CC(C)OCCOc1cccc(NN)c1[N+](=O)[O-]. The van der Waals surface area contributed by atoms with E-state index in [1.165, 1.54) is 12.1 Å². The molecule has 0 radical (unpaired) electrons. The van der Waals surface area contributed by atoms with Crippen molar-refractivity contribution in [1.29, 1.82) is 0 Å². The first kappa shape index (κ1) is 14.2. The first-order chi connectivity index (χ1) is 8.56. The van der Waals surface area contributed by atoms with Gasteiger partial charge in [0.2, 0.25) is 0 Å². The Morgan fingerprint density at radius 3 is 2.72 bits per heavy atom. The van der Waals surface area contributed by atoms with Gasteiger partial charge in [0, 0.05) is 0 Å². The monoisotopic (exact) mass is 255 g/mol. The van der Waals surface area contributed by atoms with Crippen LogP contribution in [0.5, 0.6) is 5.75 Å². The van der Waals surface area contributed by atoms with E-state index in [1.807, 2.05) is 13.8 Å². The van der Waals surface area contributed by atoms with Crippen molar-refractivity contribution in [3.63, 3.8) is 0 Å². The maximum atomic E-state index is 10.9. The summed E-state index contributed by atoms with van der Waals surface area (Å²) in [6.45, 7) is 4.42. The molecule has 18 heavy (non-hydrogen) atoms. The van der Waals surface area contributed by atoms with E-state index in [1.54, 1.807) is 6.07 Å². The molecule has 0 spiro atoms. The van der Waals surface area contributed by atoms with Gasteiger partial charge < -0.3 is 14.9 Å². The van der Waals surface area contributed by atoms with Crippen molar-refractivity contribution in [2.75, 3.05) is 18.6 Å². The molecule has 0 atom stereocenters. The molecule has 1 rings (SSSR count). The number of ether oxygens (including phenoxy) is 2. The molecule has 1 aromatic carbocycles. The highest BCUT2D eigenvalue weighted by molar-refractivity contribution is 5.67. The molecule has 3 N–H and O–H groups in total. The van der Waals surface area contributed by atoms with Crippen molar-refractivity contribution >= 4 is 11.4 Å². The van der Waals surface area contributed by atoms with Gasteiger partial charge in [0.1, 0.15) is 12.3 Å². The van der Waals surface area contributed by atoms with Gasteiger partial charge in [-0.3, -0.25) is 16.0 Å². The zero-order valence-electron chi connectivity index (χ0n) is 10.4. The number of para-hydroxylation sites is 1. The maximum Gasteiger partial charge on any atom is 0.335 e. The Morgan fingerprint density at radius 1 is 1.44 bits per heavy atom. The molecule has 0 bridgehead atoms. The van der Waals surface area contributed by atoms with Gasteiger partial charge in [0.05, 0.1) is 17.6 Å². The van der Waals surface area contributed by atoms with Gasteiger partial charge >= 0.3 is 5.69 Å². The fourth-order valence-corrected chi connectivity index (χ4v) is 1.38. The summed E-state index contributed by atoms with van der Waals surface area (Å²) in [7, 11) is 0. The van der Waals surface area contributed by atoms with E-state index in [0.29, 0.717) is 6.61 Å². The predicted molar refractivity (Wildman–Crippen MR) is 67.5 cm³/mol. The van der Waals surface area contributed by atoms with Crippen molar-refractivity contribution in [3.8, 4) is 5.75 Å². The third-order valence-corrected chi connectivity index (χ3v) is 2.13. The average Bonchev–Trinajstić information content (AvgIpc) is 2.33. The van der Waals surface area contributed by atoms with Gasteiger partial charge in [-0.05, 0) is 26.0 Å². The molecule has 100 valence electrons. The Balaban J connectivity index is 2.72. The second-order valence-corrected chi connectivity index (χ2v) is 3.82. The first-order valence-corrected chi connectivity index (χ1v) is 5.54. The number of benzene rings is 1. The highest BCUT2D eigenvalue weighted by Crippen LogP contribution is 2.33. The van der Waals surface area contributed by atoms with Crippen LogP contribution in [-0.4, -0.2) is 24.2 Å². The van der Waals surface area contributed by atoms with E-state index >= 15 is 0 Å². The fourth-order valence-electron chi connectivity index (χ4n) is 1.38. The number of hydrogen-bond donors (Lipinski definition) is 2. The third kappa shape index (κ3) is 3.86. The predicted octanol–water partition coefficient (Wildman–Crippen LogP) is 1.68.